The second-order valence-electron chi connectivity index (χ2n) is 3.96. The summed E-state index contributed by atoms with van der Waals surface area (Å²) in [6.07, 6.45) is 0.976. The zero-order chi connectivity index (χ0) is 13.7. The van der Waals surface area contributed by atoms with Crippen LogP contribution in [0.15, 0.2) is 29.1 Å². The normalized spacial score (nSPS) is 10.1. The number of aromatic amines is 1. The van der Waals surface area contributed by atoms with Crippen LogP contribution >= 0.6 is 0 Å². The minimum atomic E-state index is -0.356. The van der Waals surface area contributed by atoms with Crippen LogP contribution in [0.2, 0.25) is 0 Å². The molecule has 0 saturated carbocycles. The topological polar surface area (TPSA) is 98.6 Å². The van der Waals surface area contributed by atoms with E-state index in [1.54, 1.807) is 24.3 Å². The van der Waals surface area contributed by atoms with Gasteiger partial charge in [-0.1, -0.05) is 18.2 Å². The zero-order valence-corrected chi connectivity index (χ0v) is 10.1. The number of fused-ring (bicyclic) bond motifs is 1. The fourth-order valence-electron chi connectivity index (χ4n) is 1.74. The van der Waals surface area contributed by atoms with Gasteiger partial charge in [0, 0.05) is 18.4 Å². The summed E-state index contributed by atoms with van der Waals surface area (Å²) in [5.41, 5.74) is -0.135. The lowest BCUT2D eigenvalue weighted by Crippen LogP contribution is -2.27. The molecule has 2 rings (SSSR count). The van der Waals surface area contributed by atoms with Crippen molar-refractivity contribution >= 4 is 16.7 Å². The fraction of sp³-hybridized carbons (Fsp3) is 0.231. The number of unbranched alkanes of at least 4 members (excludes halogenated alkanes) is 1. The van der Waals surface area contributed by atoms with E-state index in [1.165, 1.54) is 0 Å². The van der Waals surface area contributed by atoms with Gasteiger partial charge in [0.05, 0.1) is 11.5 Å². The van der Waals surface area contributed by atoms with Crippen LogP contribution in [0.25, 0.3) is 10.8 Å². The van der Waals surface area contributed by atoms with Gasteiger partial charge in [-0.2, -0.15) is 10.4 Å². The van der Waals surface area contributed by atoms with Crippen molar-refractivity contribution in [2.24, 2.45) is 0 Å². The summed E-state index contributed by atoms with van der Waals surface area (Å²) in [7, 11) is 0. The molecule has 2 N–H and O–H groups in total. The van der Waals surface area contributed by atoms with E-state index in [0.717, 1.165) is 0 Å². The Labute approximate surface area is 109 Å². The molecule has 0 radical (unpaired) electrons. The lowest BCUT2D eigenvalue weighted by atomic mass is 10.1. The Morgan fingerprint density at radius 3 is 2.84 bits per heavy atom. The van der Waals surface area contributed by atoms with Crippen LogP contribution in [0.4, 0.5) is 0 Å². The third-order valence-electron chi connectivity index (χ3n) is 2.66. The number of hydrogen-bond acceptors (Lipinski definition) is 4. The predicted molar refractivity (Wildman–Crippen MR) is 69.5 cm³/mol. The molecule has 0 bridgehead atoms. The Hall–Kier alpha value is -2.68. The van der Waals surface area contributed by atoms with Gasteiger partial charge in [-0.25, -0.2) is 5.10 Å². The van der Waals surface area contributed by atoms with Gasteiger partial charge >= 0.3 is 0 Å². The molecule has 0 aliphatic rings. The van der Waals surface area contributed by atoms with Crippen LogP contribution in [0.3, 0.4) is 0 Å². The average molecular weight is 256 g/mol. The predicted octanol–water partition coefficient (Wildman–Crippen LogP) is 0.957. The molecule has 0 atom stereocenters. The summed E-state index contributed by atoms with van der Waals surface area (Å²) >= 11 is 0. The number of nitrogens with one attached hydrogen (secondary N) is 2. The molecular weight excluding hydrogens is 244 g/mol. The molecule has 1 heterocycles. The van der Waals surface area contributed by atoms with Crippen LogP contribution in [0, 0.1) is 11.3 Å². The van der Waals surface area contributed by atoms with Crippen molar-refractivity contribution < 1.29 is 4.79 Å². The first kappa shape index (κ1) is 12.8. The molecule has 96 valence electrons. The van der Waals surface area contributed by atoms with Gasteiger partial charge in [0.2, 0.25) is 0 Å². The summed E-state index contributed by atoms with van der Waals surface area (Å²) in [4.78, 5) is 23.5. The Morgan fingerprint density at radius 2 is 2.11 bits per heavy atom. The van der Waals surface area contributed by atoms with Gasteiger partial charge < -0.3 is 5.32 Å². The molecule has 1 aromatic carbocycles. The Kier molecular flexibility index (Phi) is 3.88. The first-order valence-corrected chi connectivity index (χ1v) is 5.86. The molecule has 1 aromatic heterocycles. The quantitative estimate of drug-likeness (QED) is 0.796. The summed E-state index contributed by atoms with van der Waals surface area (Å²) in [6, 6.07) is 8.80. The monoisotopic (exact) mass is 256 g/mol. The van der Waals surface area contributed by atoms with Gasteiger partial charge in [0.25, 0.3) is 11.5 Å². The van der Waals surface area contributed by atoms with Crippen LogP contribution in [-0.4, -0.2) is 22.6 Å². The van der Waals surface area contributed by atoms with Gasteiger partial charge in [0.15, 0.2) is 5.69 Å². The summed E-state index contributed by atoms with van der Waals surface area (Å²) in [5.74, 6) is -0.356. The van der Waals surface area contributed by atoms with E-state index in [9.17, 15) is 9.59 Å². The molecule has 0 aliphatic heterocycles. The number of carbonyl (C=O) groups excluding carboxylic acids is 1. The molecule has 0 fully saturated rings. The summed E-state index contributed by atoms with van der Waals surface area (Å²) in [5, 5.41) is 18.1. The number of hydrogen-bond donors (Lipinski definition) is 2. The van der Waals surface area contributed by atoms with Crippen LogP contribution in [0.1, 0.15) is 23.3 Å². The largest absolute Gasteiger partial charge is 0.351 e. The van der Waals surface area contributed by atoms with Gasteiger partial charge in [-0.15, -0.1) is 0 Å². The molecule has 2 aromatic rings. The first-order chi connectivity index (χ1) is 9.24. The van der Waals surface area contributed by atoms with Crippen molar-refractivity contribution in [2.45, 2.75) is 12.8 Å². The van der Waals surface area contributed by atoms with Crippen LogP contribution in [0.5, 0.6) is 0 Å². The first-order valence-electron chi connectivity index (χ1n) is 5.86. The maximum atomic E-state index is 12.0. The molecule has 0 spiro atoms. The number of aromatic nitrogens is 2. The third kappa shape index (κ3) is 2.77. The number of amides is 1. The highest BCUT2D eigenvalue weighted by Crippen LogP contribution is 2.11. The van der Waals surface area contributed by atoms with E-state index in [1.807, 2.05) is 6.07 Å². The van der Waals surface area contributed by atoms with E-state index in [0.29, 0.717) is 30.2 Å². The maximum Gasteiger partial charge on any atom is 0.272 e. The van der Waals surface area contributed by atoms with Crippen molar-refractivity contribution in [3.63, 3.8) is 0 Å². The second-order valence-corrected chi connectivity index (χ2v) is 3.96. The number of nitrogens with zero attached hydrogens (tertiary/aromatic N) is 2. The SMILES string of the molecule is N#CCCCNC(=O)c1n[nH]c(=O)c2ccccc12. The second kappa shape index (κ2) is 5.78. The van der Waals surface area contributed by atoms with E-state index in [-0.39, 0.29) is 17.2 Å². The van der Waals surface area contributed by atoms with E-state index in [4.69, 9.17) is 5.26 Å². The van der Waals surface area contributed by atoms with E-state index >= 15 is 0 Å². The fourth-order valence-corrected chi connectivity index (χ4v) is 1.74. The summed E-state index contributed by atoms with van der Waals surface area (Å²) < 4.78 is 0. The van der Waals surface area contributed by atoms with Crippen molar-refractivity contribution in [2.75, 3.05) is 6.54 Å². The van der Waals surface area contributed by atoms with Gasteiger partial charge in [0.1, 0.15) is 0 Å². The molecule has 0 unspecified atom stereocenters. The third-order valence-corrected chi connectivity index (χ3v) is 2.66. The molecular formula is C13H12N4O2. The lowest BCUT2D eigenvalue weighted by molar-refractivity contribution is 0.0949. The van der Waals surface area contributed by atoms with Crippen molar-refractivity contribution in [1.82, 2.24) is 15.5 Å². The minimum absolute atomic E-state index is 0.187. The highest BCUT2D eigenvalue weighted by atomic mass is 16.2. The Balaban J connectivity index is 2.26. The zero-order valence-electron chi connectivity index (χ0n) is 10.1. The number of carbonyl (C=O) groups is 1. The van der Waals surface area contributed by atoms with Gasteiger partial charge in [-0.05, 0) is 12.5 Å². The van der Waals surface area contributed by atoms with Crippen molar-refractivity contribution in [3.8, 4) is 6.07 Å². The standard InChI is InChI=1S/C13H12N4O2/c14-7-3-4-8-15-13(19)11-9-5-1-2-6-10(9)12(18)17-16-11/h1-2,5-6H,3-4,8H2,(H,15,19)(H,17,18). The Bertz CT molecular complexity index is 700. The molecule has 0 saturated heterocycles. The van der Waals surface area contributed by atoms with Crippen molar-refractivity contribution in [3.05, 3.63) is 40.3 Å². The lowest BCUT2D eigenvalue weighted by Gasteiger charge is -2.05. The van der Waals surface area contributed by atoms with Crippen LogP contribution < -0.4 is 10.9 Å². The van der Waals surface area contributed by atoms with E-state index in [2.05, 4.69) is 15.5 Å². The van der Waals surface area contributed by atoms with Gasteiger partial charge in [-0.3, -0.25) is 9.59 Å². The van der Waals surface area contributed by atoms with E-state index < -0.39 is 0 Å². The molecule has 19 heavy (non-hydrogen) atoms. The average Bonchev–Trinajstić information content (AvgIpc) is 2.44. The molecule has 6 heteroatoms. The minimum Gasteiger partial charge on any atom is -0.351 e. The molecule has 0 aliphatic carbocycles. The highest BCUT2D eigenvalue weighted by molar-refractivity contribution is 6.04. The molecule has 6 nitrogen and oxygen atoms in total. The number of nitriles is 1. The van der Waals surface area contributed by atoms with Crippen molar-refractivity contribution in [1.29, 1.82) is 5.26 Å². The number of benzene rings is 1. The Morgan fingerprint density at radius 1 is 1.37 bits per heavy atom. The smallest absolute Gasteiger partial charge is 0.272 e. The summed E-state index contributed by atoms with van der Waals surface area (Å²) in [6.45, 7) is 0.404. The highest BCUT2D eigenvalue weighted by Gasteiger charge is 2.12. The van der Waals surface area contributed by atoms with Crippen LogP contribution in [-0.2, 0) is 0 Å². The maximum absolute atomic E-state index is 12.0. The molecule has 1 amide bonds. The number of H-pyrrole nitrogens is 1. The number of rotatable bonds is 4.